The average Bonchev–Trinajstić information content (AvgIpc) is 2.25. The molecule has 0 amide bonds. The molecule has 0 N–H and O–H groups in total. The van der Waals surface area contributed by atoms with Gasteiger partial charge in [-0.25, -0.2) is 0 Å². The molecule has 0 fully saturated rings. The van der Waals surface area contributed by atoms with Gasteiger partial charge in [-0.1, -0.05) is 37.3 Å². The normalized spacial score (nSPS) is 13.8. The maximum absolute atomic E-state index is 2.59. The lowest BCUT2D eigenvalue weighted by atomic mass is 10.00. The maximum Gasteiger partial charge on any atom is 0.0350 e. The first kappa shape index (κ1) is 13.2. The number of hydrogen-bond donors (Lipinski definition) is 0. The van der Waals surface area contributed by atoms with E-state index >= 15 is 0 Å². The standard InChI is InChI=1S/C15H25N/c1-6-15(14-10-8-7-9-11-14)16(12(2)3)13(4)5/h7-13,15H,6H2,1-5H3. The zero-order valence-corrected chi connectivity index (χ0v) is 11.3. The van der Waals surface area contributed by atoms with E-state index in [1.165, 1.54) is 12.0 Å². The summed E-state index contributed by atoms with van der Waals surface area (Å²) in [6.07, 6.45) is 1.17. The summed E-state index contributed by atoms with van der Waals surface area (Å²) in [7, 11) is 0. The second-order valence-corrected chi connectivity index (χ2v) is 4.97. The monoisotopic (exact) mass is 219 g/mol. The molecule has 0 bridgehead atoms. The van der Waals surface area contributed by atoms with Crippen LogP contribution in [0.4, 0.5) is 0 Å². The van der Waals surface area contributed by atoms with Gasteiger partial charge in [-0.05, 0) is 39.7 Å². The highest BCUT2D eigenvalue weighted by Gasteiger charge is 2.23. The molecule has 0 saturated carbocycles. The molecule has 1 aromatic carbocycles. The van der Waals surface area contributed by atoms with E-state index in [0.29, 0.717) is 18.1 Å². The largest absolute Gasteiger partial charge is 0.292 e. The second-order valence-electron chi connectivity index (χ2n) is 4.97. The summed E-state index contributed by atoms with van der Waals surface area (Å²) in [5, 5.41) is 0. The first-order valence-electron chi connectivity index (χ1n) is 6.40. The van der Waals surface area contributed by atoms with Crippen molar-refractivity contribution in [2.45, 2.75) is 59.2 Å². The number of rotatable bonds is 5. The molecule has 1 nitrogen and oxygen atoms in total. The molecule has 1 atom stereocenters. The quantitative estimate of drug-likeness (QED) is 0.715. The molecule has 0 radical (unpaired) electrons. The van der Waals surface area contributed by atoms with E-state index in [2.05, 4.69) is 69.9 Å². The summed E-state index contributed by atoms with van der Waals surface area (Å²) in [5.41, 5.74) is 1.44. The van der Waals surface area contributed by atoms with E-state index in [-0.39, 0.29) is 0 Å². The van der Waals surface area contributed by atoms with Crippen LogP contribution in [0.15, 0.2) is 30.3 Å². The van der Waals surface area contributed by atoms with Crippen LogP contribution in [0, 0.1) is 0 Å². The van der Waals surface area contributed by atoms with Crippen molar-refractivity contribution in [2.75, 3.05) is 0 Å². The summed E-state index contributed by atoms with van der Waals surface area (Å²) in [4.78, 5) is 2.59. The molecule has 0 aromatic heterocycles. The lowest BCUT2D eigenvalue weighted by Crippen LogP contribution is -2.39. The average molecular weight is 219 g/mol. The first-order valence-corrected chi connectivity index (χ1v) is 6.40. The zero-order valence-electron chi connectivity index (χ0n) is 11.3. The van der Waals surface area contributed by atoms with Gasteiger partial charge in [0.05, 0.1) is 0 Å². The van der Waals surface area contributed by atoms with Gasteiger partial charge in [0.15, 0.2) is 0 Å². The Kier molecular flexibility index (Phi) is 5.01. The van der Waals surface area contributed by atoms with Crippen LogP contribution < -0.4 is 0 Å². The van der Waals surface area contributed by atoms with E-state index in [1.807, 2.05) is 0 Å². The molecule has 1 aromatic rings. The SMILES string of the molecule is CCC(c1ccccc1)N(C(C)C)C(C)C. The maximum atomic E-state index is 2.59. The Morgan fingerprint density at radius 3 is 1.81 bits per heavy atom. The first-order chi connectivity index (χ1) is 7.57. The minimum Gasteiger partial charge on any atom is -0.292 e. The minimum atomic E-state index is 0.543. The second kappa shape index (κ2) is 6.05. The summed E-state index contributed by atoms with van der Waals surface area (Å²) < 4.78 is 0. The Morgan fingerprint density at radius 2 is 1.44 bits per heavy atom. The molecular formula is C15H25N. The van der Waals surface area contributed by atoms with Gasteiger partial charge in [-0.3, -0.25) is 4.90 Å². The van der Waals surface area contributed by atoms with Crippen molar-refractivity contribution in [3.63, 3.8) is 0 Å². The molecule has 0 saturated heterocycles. The summed E-state index contributed by atoms with van der Waals surface area (Å²) in [6.45, 7) is 11.4. The fourth-order valence-electron chi connectivity index (χ4n) is 2.61. The molecule has 1 rings (SSSR count). The topological polar surface area (TPSA) is 3.24 Å². The van der Waals surface area contributed by atoms with E-state index < -0.39 is 0 Å². The van der Waals surface area contributed by atoms with Crippen LogP contribution in [0.25, 0.3) is 0 Å². The predicted molar refractivity (Wildman–Crippen MR) is 71.6 cm³/mol. The van der Waals surface area contributed by atoms with E-state index in [0.717, 1.165) is 0 Å². The molecule has 1 heteroatoms. The smallest absolute Gasteiger partial charge is 0.0350 e. The van der Waals surface area contributed by atoms with Crippen LogP contribution in [0.2, 0.25) is 0 Å². The van der Waals surface area contributed by atoms with Gasteiger partial charge < -0.3 is 0 Å². The third-order valence-corrected chi connectivity index (χ3v) is 3.12. The van der Waals surface area contributed by atoms with Crippen LogP contribution in [-0.2, 0) is 0 Å². The molecule has 1 unspecified atom stereocenters. The Bertz CT molecular complexity index is 282. The molecule has 0 spiro atoms. The highest BCUT2D eigenvalue weighted by Crippen LogP contribution is 2.27. The summed E-state index contributed by atoms with van der Waals surface area (Å²) in [5.74, 6) is 0. The van der Waals surface area contributed by atoms with Crippen molar-refractivity contribution < 1.29 is 0 Å². The lowest BCUT2D eigenvalue weighted by Gasteiger charge is -2.38. The summed E-state index contributed by atoms with van der Waals surface area (Å²) in [6, 6.07) is 12.6. The Balaban J connectivity index is 2.96. The Hall–Kier alpha value is -0.820. The van der Waals surface area contributed by atoms with Crippen LogP contribution in [-0.4, -0.2) is 17.0 Å². The number of hydrogen-bond acceptors (Lipinski definition) is 1. The highest BCUT2D eigenvalue weighted by molar-refractivity contribution is 5.19. The van der Waals surface area contributed by atoms with Crippen LogP contribution in [0.1, 0.15) is 52.6 Å². The van der Waals surface area contributed by atoms with E-state index in [9.17, 15) is 0 Å². The van der Waals surface area contributed by atoms with Crippen LogP contribution in [0.5, 0.6) is 0 Å². The van der Waals surface area contributed by atoms with Gasteiger partial charge in [0, 0.05) is 18.1 Å². The van der Waals surface area contributed by atoms with Crippen molar-refractivity contribution in [3.05, 3.63) is 35.9 Å². The minimum absolute atomic E-state index is 0.543. The Morgan fingerprint density at radius 1 is 0.938 bits per heavy atom. The van der Waals surface area contributed by atoms with Gasteiger partial charge >= 0.3 is 0 Å². The van der Waals surface area contributed by atoms with Gasteiger partial charge in [0.1, 0.15) is 0 Å². The van der Waals surface area contributed by atoms with E-state index in [4.69, 9.17) is 0 Å². The fourth-order valence-corrected chi connectivity index (χ4v) is 2.61. The molecule has 16 heavy (non-hydrogen) atoms. The third kappa shape index (κ3) is 3.08. The van der Waals surface area contributed by atoms with Crippen molar-refractivity contribution >= 4 is 0 Å². The molecule has 90 valence electrons. The molecule has 0 aliphatic heterocycles. The molecule has 0 heterocycles. The number of nitrogens with zero attached hydrogens (tertiary/aromatic N) is 1. The molecule has 0 aliphatic rings. The van der Waals surface area contributed by atoms with Crippen molar-refractivity contribution in [1.82, 2.24) is 4.90 Å². The van der Waals surface area contributed by atoms with Gasteiger partial charge in [0.2, 0.25) is 0 Å². The fraction of sp³-hybridized carbons (Fsp3) is 0.600. The van der Waals surface area contributed by atoms with Crippen LogP contribution >= 0.6 is 0 Å². The van der Waals surface area contributed by atoms with Crippen molar-refractivity contribution in [2.24, 2.45) is 0 Å². The molecular weight excluding hydrogens is 194 g/mol. The van der Waals surface area contributed by atoms with Crippen LogP contribution in [0.3, 0.4) is 0 Å². The number of benzene rings is 1. The van der Waals surface area contributed by atoms with Gasteiger partial charge in [0.25, 0.3) is 0 Å². The molecule has 0 aliphatic carbocycles. The summed E-state index contributed by atoms with van der Waals surface area (Å²) >= 11 is 0. The zero-order chi connectivity index (χ0) is 12.1. The Labute approximate surface area is 100 Å². The van der Waals surface area contributed by atoms with Gasteiger partial charge in [-0.15, -0.1) is 0 Å². The van der Waals surface area contributed by atoms with Gasteiger partial charge in [-0.2, -0.15) is 0 Å². The van der Waals surface area contributed by atoms with E-state index in [1.54, 1.807) is 0 Å². The van der Waals surface area contributed by atoms with Crippen molar-refractivity contribution in [3.8, 4) is 0 Å². The van der Waals surface area contributed by atoms with Crippen molar-refractivity contribution in [1.29, 1.82) is 0 Å². The third-order valence-electron chi connectivity index (χ3n) is 3.12. The lowest BCUT2D eigenvalue weighted by molar-refractivity contribution is 0.109. The highest BCUT2D eigenvalue weighted by atomic mass is 15.2. The predicted octanol–water partition coefficient (Wildman–Crippen LogP) is 4.26.